The van der Waals surface area contributed by atoms with Crippen molar-refractivity contribution in [2.75, 3.05) is 6.61 Å². The number of aliphatic hydroxyl groups is 1. The Labute approximate surface area is 77.1 Å². The molecule has 4 N–H and O–H groups in total. The summed E-state index contributed by atoms with van der Waals surface area (Å²) in [6, 6.07) is 4.45. The number of hydrogen-bond donors (Lipinski definition) is 3. The highest BCUT2D eigenvalue weighted by Gasteiger charge is 2.09. The first kappa shape index (κ1) is 9.77. The van der Waals surface area contributed by atoms with Crippen molar-refractivity contribution < 1.29 is 10.2 Å². The Morgan fingerprint density at radius 1 is 1.54 bits per heavy atom. The molecule has 0 radical (unpaired) electrons. The lowest BCUT2D eigenvalue weighted by Gasteiger charge is -2.11. The Morgan fingerprint density at radius 2 is 2.23 bits per heavy atom. The molecule has 1 aromatic rings. The van der Waals surface area contributed by atoms with E-state index in [9.17, 15) is 5.11 Å². The monoisotopic (exact) mass is 179 g/mol. The van der Waals surface area contributed by atoms with Gasteiger partial charge < -0.3 is 15.9 Å². The summed E-state index contributed by atoms with van der Waals surface area (Å²) >= 11 is 0. The smallest absolute Gasteiger partial charge is 0.120 e. The third kappa shape index (κ3) is 2.08. The van der Waals surface area contributed by atoms with Gasteiger partial charge in [-0.3, -0.25) is 0 Å². The molecule has 0 amide bonds. The van der Waals surface area contributed by atoms with E-state index in [2.05, 4.69) is 6.58 Å². The number of benzene rings is 1. The van der Waals surface area contributed by atoms with Crippen LogP contribution in [0.1, 0.15) is 17.2 Å². The molecule has 0 bridgehead atoms. The van der Waals surface area contributed by atoms with Crippen molar-refractivity contribution in [2.24, 2.45) is 5.73 Å². The normalized spacial score (nSPS) is 12.5. The minimum absolute atomic E-state index is 0.104. The second-order valence-electron chi connectivity index (χ2n) is 2.81. The lowest BCUT2D eigenvalue weighted by Crippen LogP contribution is -2.14. The molecule has 3 heteroatoms. The summed E-state index contributed by atoms with van der Waals surface area (Å²) in [4.78, 5) is 0. The van der Waals surface area contributed by atoms with Crippen LogP contribution in [-0.4, -0.2) is 16.8 Å². The predicted molar refractivity (Wildman–Crippen MR) is 52.2 cm³/mol. The fourth-order valence-corrected chi connectivity index (χ4v) is 1.10. The molecule has 1 rings (SSSR count). The first-order valence-electron chi connectivity index (χ1n) is 4.01. The topological polar surface area (TPSA) is 66.5 Å². The van der Waals surface area contributed by atoms with Gasteiger partial charge in [0.05, 0.1) is 12.6 Å². The lowest BCUT2D eigenvalue weighted by atomic mass is 10.0. The molecule has 0 aromatic heterocycles. The van der Waals surface area contributed by atoms with Crippen molar-refractivity contribution in [1.82, 2.24) is 0 Å². The maximum Gasteiger partial charge on any atom is 0.120 e. The van der Waals surface area contributed by atoms with E-state index < -0.39 is 6.04 Å². The fraction of sp³-hybridized carbons (Fsp3) is 0.200. The number of phenolic OH excluding ortho intramolecular Hbond substituents is 1. The van der Waals surface area contributed by atoms with Crippen LogP contribution in [0.5, 0.6) is 5.75 Å². The van der Waals surface area contributed by atoms with Crippen LogP contribution in [0.25, 0.3) is 6.08 Å². The molecule has 0 heterocycles. The molecule has 0 spiro atoms. The van der Waals surface area contributed by atoms with Crippen LogP contribution in [0, 0.1) is 0 Å². The molecule has 0 aliphatic heterocycles. The highest BCUT2D eigenvalue weighted by molar-refractivity contribution is 5.52. The summed E-state index contributed by atoms with van der Waals surface area (Å²) in [5.41, 5.74) is 6.99. The Balaban J connectivity index is 3.10. The molecule has 0 fully saturated rings. The van der Waals surface area contributed by atoms with Gasteiger partial charge in [0.2, 0.25) is 0 Å². The van der Waals surface area contributed by atoms with Crippen molar-refractivity contribution >= 4 is 6.08 Å². The number of nitrogens with two attached hydrogens (primary N) is 1. The summed E-state index contributed by atoms with van der Waals surface area (Å²) in [5, 5.41) is 18.2. The number of rotatable bonds is 3. The van der Waals surface area contributed by atoms with Crippen molar-refractivity contribution in [2.45, 2.75) is 6.04 Å². The second kappa shape index (κ2) is 4.07. The van der Waals surface area contributed by atoms with Gasteiger partial charge in [-0.05, 0) is 17.7 Å². The van der Waals surface area contributed by atoms with Gasteiger partial charge in [-0.1, -0.05) is 18.7 Å². The van der Waals surface area contributed by atoms with Crippen LogP contribution in [0.3, 0.4) is 0 Å². The number of phenols is 1. The Kier molecular flexibility index (Phi) is 3.06. The Bertz CT molecular complexity index is 310. The second-order valence-corrected chi connectivity index (χ2v) is 2.81. The number of aromatic hydroxyl groups is 1. The Morgan fingerprint density at radius 3 is 2.77 bits per heavy atom. The van der Waals surface area contributed by atoms with Gasteiger partial charge in [-0.25, -0.2) is 0 Å². The molecule has 13 heavy (non-hydrogen) atoms. The SMILES string of the molecule is C=Cc1ccc(O)c([C@@H](N)CO)c1. The maximum absolute atomic E-state index is 9.41. The predicted octanol–water partition coefficient (Wildman–Crippen LogP) is 1.03. The van der Waals surface area contributed by atoms with Crippen molar-refractivity contribution in [3.8, 4) is 5.75 Å². The van der Waals surface area contributed by atoms with Crippen molar-refractivity contribution in [3.63, 3.8) is 0 Å². The summed E-state index contributed by atoms with van der Waals surface area (Å²) in [5.74, 6) is 0.104. The fourth-order valence-electron chi connectivity index (χ4n) is 1.10. The van der Waals surface area contributed by atoms with Gasteiger partial charge >= 0.3 is 0 Å². The van der Waals surface area contributed by atoms with Crippen LogP contribution in [0.2, 0.25) is 0 Å². The van der Waals surface area contributed by atoms with Gasteiger partial charge in [0.15, 0.2) is 0 Å². The van der Waals surface area contributed by atoms with Crippen LogP contribution in [-0.2, 0) is 0 Å². The minimum atomic E-state index is -0.542. The van der Waals surface area contributed by atoms with Gasteiger partial charge in [-0.15, -0.1) is 0 Å². The molecule has 0 saturated carbocycles. The standard InChI is InChI=1S/C10H13NO2/c1-2-7-3-4-10(13)8(5-7)9(11)6-12/h2-5,9,12-13H,1,6,11H2/t9-/m0/s1. The molecule has 0 unspecified atom stereocenters. The first-order chi connectivity index (χ1) is 6.19. The Hall–Kier alpha value is -1.32. The zero-order chi connectivity index (χ0) is 9.84. The molecule has 1 aromatic carbocycles. The van der Waals surface area contributed by atoms with E-state index in [0.29, 0.717) is 5.56 Å². The average Bonchev–Trinajstić information content (AvgIpc) is 2.17. The quantitative estimate of drug-likeness (QED) is 0.649. The summed E-state index contributed by atoms with van der Waals surface area (Å²) in [6.07, 6.45) is 1.66. The molecular weight excluding hydrogens is 166 g/mol. The van der Waals surface area contributed by atoms with Crippen LogP contribution >= 0.6 is 0 Å². The van der Waals surface area contributed by atoms with E-state index in [1.165, 1.54) is 0 Å². The molecule has 70 valence electrons. The van der Waals surface area contributed by atoms with E-state index in [-0.39, 0.29) is 12.4 Å². The lowest BCUT2D eigenvalue weighted by molar-refractivity contribution is 0.265. The molecular formula is C10H13NO2. The maximum atomic E-state index is 9.41. The van der Waals surface area contributed by atoms with E-state index in [0.717, 1.165) is 5.56 Å². The summed E-state index contributed by atoms with van der Waals surface area (Å²) < 4.78 is 0. The van der Waals surface area contributed by atoms with Crippen molar-refractivity contribution in [1.29, 1.82) is 0 Å². The van der Waals surface area contributed by atoms with E-state index >= 15 is 0 Å². The molecule has 1 atom stereocenters. The molecule has 0 saturated heterocycles. The minimum Gasteiger partial charge on any atom is -0.508 e. The van der Waals surface area contributed by atoms with Crippen LogP contribution < -0.4 is 5.73 Å². The molecule has 0 aliphatic carbocycles. The number of aliphatic hydroxyl groups excluding tert-OH is 1. The van der Waals surface area contributed by atoms with Gasteiger partial charge in [0, 0.05) is 5.56 Å². The highest BCUT2D eigenvalue weighted by Crippen LogP contribution is 2.23. The third-order valence-electron chi connectivity index (χ3n) is 1.88. The van der Waals surface area contributed by atoms with Crippen LogP contribution in [0.4, 0.5) is 0 Å². The zero-order valence-electron chi connectivity index (χ0n) is 7.27. The first-order valence-corrected chi connectivity index (χ1v) is 4.01. The van der Waals surface area contributed by atoms with Gasteiger partial charge in [0.25, 0.3) is 0 Å². The van der Waals surface area contributed by atoms with Gasteiger partial charge in [0.1, 0.15) is 5.75 Å². The summed E-state index contributed by atoms with van der Waals surface area (Å²) in [7, 11) is 0. The van der Waals surface area contributed by atoms with E-state index in [4.69, 9.17) is 10.8 Å². The molecule has 3 nitrogen and oxygen atoms in total. The van der Waals surface area contributed by atoms with E-state index in [1.807, 2.05) is 0 Å². The van der Waals surface area contributed by atoms with Gasteiger partial charge in [-0.2, -0.15) is 0 Å². The zero-order valence-corrected chi connectivity index (χ0v) is 7.27. The average molecular weight is 179 g/mol. The van der Waals surface area contributed by atoms with E-state index in [1.54, 1.807) is 24.3 Å². The van der Waals surface area contributed by atoms with Crippen LogP contribution in [0.15, 0.2) is 24.8 Å². The third-order valence-corrected chi connectivity index (χ3v) is 1.88. The van der Waals surface area contributed by atoms with Crippen molar-refractivity contribution in [3.05, 3.63) is 35.9 Å². The number of hydrogen-bond acceptors (Lipinski definition) is 3. The highest BCUT2D eigenvalue weighted by atomic mass is 16.3. The molecule has 0 aliphatic rings. The largest absolute Gasteiger partial charge is 0.508 e. The summed E-state index contributed by atoms with van der Waals surface area (Å²) in [6.45, 7) is 3.42.